The Bertz CT molecular complexity index is 314. The molecule has 1 unspecified atom stereocenters. The smallest absolute Gasteiger partial charge is 0.0991 e. The monoisotopic (exact) mass is 310 g/mol. The fourth-order valence-electron chi connectivity index (χ4n) is 3.95. The molecule has 0 saturated carbocycles. The van der Waals surface area contributed by atoms with E-state index in [0.717, 1.165) is 25.8 Å². The predicted octanol–water partition coefficient (Wildman–Crippen LogP) is 0.626. The summed E-state index contributed by atoms with van der Waals surface area (Å²) in [4.78, 5) is 10.3. The molecule has 128 valence electrons. The Kier molecular flexibility index (Phi) is 6.51. The summed E-state index contributed by atoms with van der Waals surface area (Å²) in [6, 6.07) is 0. The third-order valence-corrected chi connectivity index (χ3v) is 5.61. The summed E-state index contributed by atoms with van der Waals surface area (Å²) in [5.41, 5.74) is 0. The second-order valence-electron chi connectivity index (χ2n) is 7.40. The van der Waals surface area contributed by atoms with E-state index in [2.05, 4.69) is 26.6 Å². The number of piperazine rings is 1. The molecule has 3 aliphatic heterocycles. The maximum absolute atomic E-state index is 5.47. The standard InChI is InChI=1S/C17H34N4O/c1-18-7-9-20(10-8-18)12-11-19-5-2-3-17(4-6-19)15-21-13-14-22-16-21/h17H,2-16H2,1H3. The first-order valence-electron chi connectivity index (χ1n) is 9.23. The maximum Gasteiger partial charge on any atom is 0.0991 e. The molecule has 5 heteroatoms. The van der Waals surface area contributed by atoms with Gasteiger partial charge in [-0.25, -0.2) is 0 Å². The summed E-state index contributed by atoms with van der Waals surface area (Å²) in [6.07, 6.45) is 4.16. The van der Waals surface area contributed by atoms with Crippen LogP contribution in [0.3, 0.4) is 0 Å². The van der Waals surface area contributed by atoms with Gasteiger partial charge in [0.1, 0.15) is 0 Å². The van der Waals surface area contributed by atoms with Gasteiger partial charge in [-0.2, -0.15) is 0 Å². The number of hydrogen-bond acceptors (Lipinski definition) is 5. The third kappa shape index (κ3) is 5.17. The van der Waals surface area contributed by atoms with Crippen molar-refractivity contribution in [1.82, 2.24) is 19.6 Å². The first-order valence-corrected chi connectivity index (χ1v) is 9.23. The van der Waals surface area contributed by atoms with Gasteiger partial charge in [-0.1, -0.05) is 0 Å². The van der Waals surface area contributed by atoms with E-state index in [1.807, 2.05) is 0 Å². The van der Waals surface area contributed by atoms with Crippen molar-refractivity contribution in [3.63, 3.8) is 0 Å². The van der Waals surface area contributed by atoms with Gasteiger partial charge in [0, 0.05) is 52.4 Å². The van der Waals surface area contributed by atoms with Gasteiger partial charge in [-0.05, 0) is 45.3 Å². The Morgan fingerprint density at radius 2 is 1.59 bits per heavy atom. The normalized spacial score (nSPS) is 30.7. The number of rotatable bonds is 5. The molecular weight excluding hydrogens is 276 g/mol. The Hall–Kier alpha value is -0.200. The predicted molar refractivity (Wildman–Crippen MR) is 90.1 cm³/mol. The topological polar surface area (TPSA) is 22.2 Å². The van der Waals surface area contributed by atoms with Crippen LogP contribution in [0.2, 0.25) is 0 Å². The van der Waals surface area contributed by atoms with Crippen molar-refractivity contribution in [3.8, 4) is 0 Å². The van der Waals surface area contributed by atoms with Gasteiger partial charge < -0.3 is 14.5 Å². The summed E-state index contributed by atoms with van der Waals surface area (Å²) in [5, 5.41) is 0. The lowest BCUT2D eigenvalue weighted by Crippen LogP contribution is -2.47. The molecule has 0 amide bonds. The van der Waals surface area contributed by atoms with Crippen molar-refractivity contribution in [2.75, 3.05) is 85.8 Å². The van der Waals surface area contributed by atoms with Crippen molar-refractivity contribution in [1.29, 1.82) is 0 Å². The van der Waals surface area contributed by atoms with Crippen LogP contribution in [0.25, 0.3) is 0 Å². The van der Waals surface area contributed by atoms with Crippen LogP contribution >= 0.6 is 0 Å². The van der Waals surface area contributed by atoms with E-state index in [4.69, 9.17) is 4.74 Å². The van der Waals surface area contributed by atoms with Gasteiger partial charge in [0.25, 0.3) is 0 Å². The molecule has 0 aromatic heterocycles. The Balaban J connectivity index is 1.33. The molecule has 0 aliphatic carbocycles. The minimum atomic E-state index is 0.865. The molecule has 0 spiro atoms. The molecule has 0 aromatic rings. The molecule has 3 saturated heterocycles. The lowest BCUT2D eigenvalue weighted by Gasteiger charge is -2.33. The van der Waals surface area contributed by atoms with Gasteiger partial charge >= 0.3 is 0 Å². The van der Waals surface area contributed by atoms with Gasteiger partial charge in [-0.15, -0.1) is 0 Å². The number of likely N-dealkylation sites (N-methyl/N-ethyl adjacent to an activating group) is 1. The van der Waals surface area contributed by atoms with E-state index < -0.39 is 0 Å². The molecular formula is C17H34N4O. The zero-order valence-corrected chi connectivity index (χ0v) is 14.4. The summed E-state index contributed by atoms with van der Waals surface area (Å²) >= 11 is 0. The van der Waals surface area contributed by atoms with Crippen LogP contribution in [0, 0.1) is 5.92 Å². The summed E-state index contributed by atoms with van der Waals surface area (Å²) < 4.78 is 5.47. The second-order valence-corrected chi connectivity index (χ2v) is 7.40. The molecule has 3 heterocycles. The van der Waals surface area contributed by atoms with Gasteiger partial charge in [0.05, 0.1) is 13.3 Å². The molecule has 0 radical (unpaired) electrons. The molecule has 5 nitrogen and oxygen atoms in total. The highest BCUT2D eigenvalue weighted by Gasteiger charge is 2.22. The van der Waals surface area contributed by atoms with Crippen molar-refractivity contribution in [2.45, 2.75) is 19.3 Å². The first kappa shape index (κ1) is 16.7. The Labute approximate surface area is 136 Å². The fourth-order valence-corrected chi connectivity index (χ4v) is 3.95. The van der Waals surface area contributed by atoms with Crippen LogP contribution in [0.15, 0.2) is 0 Å². The van der Waals surface area contributed by atoms with Crippen LogP contribution in [0.1, 0.15) is 19.3 Å². The van der Waals surface area contributed by atoms with Crippen LogP contribution in [0.5, 0.6) is 0 Å². The molecule has 3 rings (SSSR count). The van der Waals surface area contributed by atoms with E-state index in [0.29, 0.717) is 0 Å². The highest BCUT2D eigenvalue weighted by molar-refractivity contribution is 4.76. The number of ether oxygens (including phenoxy) is 1. The lowest BCUT2D eigenvalue weighted by molar-refractivity contribution is 0.126. The molecule has 1 atom stereocenters. The third-order valence-electron chi connectivity index (χ3n) is 5.61. The SMILES string of the molecule is CN1CCN(CCN2CCCC(CN3CCOC3)CC2)CC1. The Morgan fingerprint density at radius 1 is 0.818 bits per heavy atom. The molecule has 0 N–H and O–H groups in total. The largest absolute Gasteiger partial charge is 0.365 e. The van der Waals surface area contributed by atoms with Crippen LogP contribution in [-0.4, -0.2) is 105 Å². The number of hydrogen-bond donors (Lipinski definition) is 0. The summed E-state index contributed by atoms with van der Waals surface area (Å²) in [7, 11) is 2.23. The number of likely N-dealkylation sites (tertiary alicyclic amines) is 1. The minimum Gasteiger partial charge on any atom is -0.365 e. The molecule has 22 heavy (non-hydrogen) atoms. The van der Waals surface area contributed by atoms with E-state index in [-0.39, 0.29) is 0 Å². The lowest BCUT2D eigenvalue weighted by atomic mass is 10.0. The van der Waals surface area contributed by atoms with Gasteiger partial charge in [-0.3, -0.25) is 9.80 Å². The number of nitrogens with zero attached hydrogens (tertiary/aromatic N) is 4. The zero-order chi connectivity index (χ0) is 15.2. The van der Waals surface area contributed by atoms with Crippen LogP contribution in [-0.2, 0) is 4.74 Å². The van der Waals surface area contributed by atoms with E-state index >= 15 is 0 Å². The van der Waals surface area contributed by atoms with Gasteiger partial charge in [0.15, 0.2) is 0 Å². The molecule has 3 fully saturated rings. The highest BCUT2D eigenvalue weighted by Crippen LogP contribution is 2.19. The summed E-state index contributed by atoms with van der Waals surface area (Å²) in [6.45, 7) is 14.3. The van der Waals surface area contributed by atoms with Crippen molar-refractivity contribution in [2.24, 2.45) is 5.92 Å². The van der Waals surface area contributed by atoms with Crippen LogP contribution in [0.4, 0.5) is 0 Å². The van der Waals surface area contributed by atoms with E-state index in [9.17, 15) is 0 Å². The van der Waals surface area contributed by atoms with E-state index in [1.54, 1.807) is 0 Å². The van der Waals surface area contributed by atoms with E-state index in [1.165, 1.54) is 78.2 Å². The van der Waals surface area contributed by atoms with Crippen molar-refractivity contribution < 1.29 is 4.74 Å². The Morgan fingerprint density at radius 3 is 2.32 bits per heavy atom. The molecule has 0 bridgehead atoms. The highest BCUT2D eigenvalue weighted by atomic mass is 16.5. The van der Waals surface area contributed by atoms with Crippen molar-refractivity contribution in [3.05, 3.63) is 0 Å². The maximum atomic E-state index is 5.47. The zero-order valence-electron chi connectivity index (χ0n) is 14.4. The van der Waals surface area contributed by atoms with Crippen LogP contribution < -0.4 is 0 Å². The summed E-state index contributed by atoms with van der Waals surface area (Å²) in [5.74, 6) is 0.885. The van der Waals surface area contributed by atoms with Crippen molar-refractivity contribution >= 4 is 0 Å². The molecule has 3 aliphatic rings. The fraction of sp³-hybridized carbons (Fsp3) is 1.00. The first-order chi connectivity index (χ1) is 10.8. The average molecular weight is 310 g/mol. The minimum absolute atomic E-state index is 0.865. The molecule has 0 aromatic carbocycles. The average Bonchev–Trinajstić information content (AvgIpc) is 2.93. The quantitative estimate of drug-likeness (QED) is 0.741. The second kappa shape index (κ2) is 8.60. The van der Waals surface area contributed by atoms with Gasteiger partial charge in [0.2, 0.25) is 0 Å².